The van der Waals surface area contributed by atoms with Gasteiger partial charge in [-0.05, 0) is 43.7 Å². The van der Waals surface area contributed by atoms with Crippen molar-refractivity contribution >= 4 is 23.4 Å². The van der Waals surface area contributed by atoms with Crippen molar-refractivity contribution in [3.8, 4) is 0 Å². The Kier molecular flexibility index (Phi) is 4.03. The maximum absolute atomic E-state index is 9.88. The van der Waals surface area contributed by atoms with Crippen LogP contribution in [0.25, 0.3) is 0 Å². The van der Waals surface area contributed by atoms with Crippen molar-refractivity contribution in [3.05, 3.63) is 23.4 Å². The summed E-state index contributed by atoms with van der Waals surface area (Å²) in [4.78, 5) is 4.31. The Hall–Kier alpha value is -0.290. The highest BCUT2D eigenvalue weighted by Gasteiger charge is 2.47. The fraction of sp³-hybridized carbons (Fsp3) is 0.643. The number of nitrogens with one attached hydrogen (secondary N) is 1. The predicted octanol–water partition coefficient (Wildman–Crippen LogP) is 2.72. The SMILES string of the molecule is OCC(CSc1ncccc1Cl)(NC1CC1)C1CC1. The normalized spacial score (nSPS) is 22.2. The quantitative estimate of drug-likeness (QED) is 0.760. The third-order valence-corrected chi connectivity index (χ3v) is 5.58. The molecule has 2 aliphatic carbocycles. The van der Waals surface area contributed by atoms with Crippen LogP contribution in [0.2, 0.25) is 5.02 Å². The Morgan fingerprint density at radius 1 is 1.42 bits per heavy atom. The van der Waals surface area contributed by atoms with Gasteiger partial charge in [-0.1, -0.05) is 11.6 Å². The van der Waals surface area contributed by atoms with Gasteiger partial charge in [0.25, 0.3) is 0 Å². The molecule has 2 saturated carbocycles. The van der Waals surface area contributed by atoms with Crippen molar-refractivity contribution in [2.45, 2.75) is 42.3 Å². The molecule has 19 heavy (non-hydrogen) atoms. The number of halogens is 1. The van der Waals surface area contributed by atoms with Crippen LogP contribution in [0.3, 0.4) is 0 Å². The third-order valence-electron chi connectivity index (χ3n) is 3.90. The van der Waals surface area contributed by atoms with Crippen LogP contribution in [-0.4, -0.2) is 34.0 Å². The average Bonchev–Trinajstić information content (AvgIpc) is 3.28. The molecule has 5 heteroatoms. The Bertz CT molecular complexity index is 451. The largest absolute Gasteiger partial charge is 0.394 e. The number of hydrogen-bond acceptors (Lipinski definition) is 4. The van der Waals surface area contributed by atoms with E-state index in [1.807, 2.05) is 12.1 Å². The lowest BCUT2D eigenvalue weighted by Gasteiger charge is -2.33. The molecule has 0 spiro atoms. The van der Waals surface area contributed by atoms with E-state index in [9.17, 15) is 5.11 Å². The first-order chi connectivity index (χ1) is 9.23. The molecule has 2 aliphatic rings. The molecule has 3 nitrogen and oxygen atoms in total. The topological polar surface area (TPSA) is 45.2 Å². The second-order valence-electron chi connectivity index (χ2n) is 5.59. The van der Waals surface area contributed by atoms with Crippen LogP contribution >= 0.6 is 23.4 Å². The van der Waals surface area contributed by atoms with Crippen molar-refractivity contribution in [2.24, 2.45) is 5.92 Å². The van der Waals surface area contributed by atoms with Crippen molar-refractivity contribution in [1.82, 2.24) is 10.3 Å². The number of rotatable bonds is 7. The minimum atomic E-state index is -0.146. The van der Waals surface area contributed by atoms with Crippen LogP contribution in [0.4, 0.5) is 0 Å². The molecule has 0 aromatic carbocycles. The second-order valence-corrected chi connectivity index (χ2v) is 6.96. The van der Waals surface area contributed by atoms with Gasteiger partial charge < -0.3 is 10.4 Å². The lowest BCUT2D eigenvalue weighted by molar-refractivity contribution is 0.157. The Morgan fingerprint density at radius 2 is 2.21 bits per heavy atom. The summed E-state index contributed by atoms with van der Waals surface area (Å²) in [6.45, 7) is 0.200. The van der Waals surface area contributed by atoms with Gasteiger partial charge in [0.1, 0.15) is 5.03 Å². The summed E-state index contributed by atoms with van der Waals surface area (Å²) in [6, 6.07) is 4.31. The zero-order chi connectivity index (χ0) is 13.3. The molecule has 2 fully saturated rings. The molecular formula is C14H19ClN2OS. The van der Waals surface area contributed by atoms with Crippen LogP contribution in [0, 0.1) is 5.92 Å². The standard InChI is InChI=1S/C14H19ClN2OS/c15-12-2-1-7-16-13(12)19-9-14(8-18,10-3-4-10)17-11-5-6-11/h1-2,7,10-11,17-18H,3-6,8-9H2. The van der Waals surface area contributed by atoms with E-state index in [-0.39, 0.29) is 12.1 Å². The minimum Gasteiger partial charge on any atom is -0.394 e. The van der Waals surface area contributed by atoms with Gasteiger partial charge >= 0.3 is 0 Å². The van der Waals surface area contributed by atoms with Gasteiger partial charge in [0.15, 0.2) is 0 Å². The molecule has 0 aliphatic heterocycles. The summed E-state index contributed by atoms with van der Waals surface area (Å²) < 4.78 is 0. The second kappa shape index (κ2) is 5.60. The molecule has 104 valence electrons. The van der Waals surface area contributed by atoms with Crippen LogP contribution in [0.15, 0.2) is 23.4 Å². The van der Waals surface area contributed by atoms with E-state index in [1.54, 1.807) is 18.0 Å². The van der Waals surface area contributed by atoms with Crippen molar-refractivity contribution in [2.75, 3.05) is 12.4 Å². The molecule has 1 atom stereocenters. The van der Waals surface area contributed by atoms with E-state index in [0.29, 0.717) is 17.0 Å². The summed E-state index contributed by atoms with van der Waals surface area (Å²) in [6.07, 6.45) is 6.68. The average molecular weight is 299 g/mol. The first-order valence-electron chi connectivity index (χ1n) is 6.85. The van der Waals surface area contributed by atoms with Crippen molar-refractivity contribution in [3.63, 3.8) is 0 Å². The summed E-state index contributed by atoms with van der Waals surface area (Å²) >= 11 is 7.79. The van der Waals surface area contributed by atoms with Gasteiger partial charge in [0.2, 0.25) is 0 Å². The zero-order valence-electron chi connectivity index (χ0n) is 10.8. The molecule has 1 aromatic rings. The molecule has 0 saturated heterocycles. The highest BCUT2D eigenvalue weighted by molar-refractivity contribution is 7.99. The van der Waals surface area contributed by atoms with Crippen LogP contribution in [0.1, 0.15) is 25.7 Å². The number of aromatic nitrogens is 1. The van der Waals surface area contributed by atoms with Gasteiger partial charge in [-0.2, -0.15) is 0 Å². The van der Waals surface area contributed by atoms with Gasteiger partial charge in [0.05, 0.1) is 17.2 Å². The first kappa shape index (κ1) is 13.7. The Labute approximate surface area is 123 Å². The smallest absolute Gasteiger partial charge is 0.115 e. The lowest BCUT2D eigenvalue weighted by Crippen LogP contribution is -2.53. The van der Waals surface area contributed by atoms with Crippen LogP contribution in [-0.2, 0) is 0 Å². The number of nitrogens with zero attached hydrogens (tertiary/aromatic N) is 1. The molecule has 1 unspecified atom stereocenters. The molecule has 3 rings (SSSR count). The van der Waals surface area contributed by atoms with Gasteiger partial charge in [-0.25, -0.2) is 4.98 Å². The lowest BCUT2D eigenvalue weighted by atomic mass is 9.96. The number of thioether (sulfide) groups is 1. The third kappa shape index (κ3) is 3.24. The van der Waals surface area contributed by atoms with E-state index < -0.39 is 0 Å². The minimum absolute atomic E-state index is 0.146. The maximum atomic E-state index is 9.88. The van der Waals surface area contributed by atoms with Gasteiger partial charge in [-0.15, -0.1) is 11.8 Å². The number of pyridine rings is 1. The predicted molar refractivity (Wildman–Crippen MR) is 78.7 cm³/mol. The van der Waals surface area contributed by atoms with E-state index in [0.717, 1.165) is 10.8 Å². The number of aliphatic hydroxyl groups is 1. The molecule has 1 aromatic heterocycles. The molecule has 0 amide bonds. The summed E-state index contributed by atoms with van der Waals surface area (Å²) in [5, 5.41) is 15.1. The fourth-order valence-corrected chi connectivity index (χ4v) is 3.87. The van der Waals surface area contributed by atoms with Gasteiger partial charge in [0, 0.05) is 18.0 Å². The molecular weight excluding hydrogens is 280 g/mol. The van der Waals surface area contributed by atoms with Crippen molar-refractivity contribution in [1.29, 1.82) is 0 Å². The zero-order valence-corrected chi connectivity index (χ0v) is 12.4. The summed E-state index contributed by atoms with van der Waals surface area (Å²) in [7, 11) is 0. The fourth-order valence-electron chi connectivity index (χ4n) is 2.44. The Morgan fingerprint density at radius 3 is 2.79 bits per heavy atom. The molecule has 0 radical (unpaired) electrons. The number of aliphatic hydroxyl groups excluding tert-OH is 1. The van der Waals surface area contributed by atoms with E-state index >= 15 is 0 Å². The molecule has 2 N–H and O–H groups in total. The van der Waals surface area contributed by atoms with E-state index in [2.05, 4.69) is 10.3 Å². The highest BCUT2D eigenvalue weighted by Crippen LogP contribution is 2.44. The maximum Gasteiger partial charge on any atom is 0.115 e. The highest BCUT2D eigenvalue weighted by atomic mass is 35.5. The van der Waals surface area contributed by atoms with Crippen molar-refractivity contribution < 1.29 is 5.11 Å². The van der Waals surface area contributed by atoms with Crippen LogP contribution in [0.5, 0.6) is 0 Å². The molecule has 0 bridgehead atoms. The van der Waals surface area contributed by atoms with E-state index in [1.165, 1.54) is 25.7 Å². The summed E-state index contributed by atoms with van der Waals surface area (Å²) in [5.74, 6) is 1.44. The first-order valence-corrected chi connectivity index (χ1v) is 8.22. The number of hydrogen-bond donors (Lipinski definition) is 2. The van der Waals surface area contributed by atoms with Crippen LogP contribution < -0.4 is 5.32 Å². The molecule has 1 heterocycles. The summed E-state index contributed by atoms with van der Waals surface area (Å²) in [5.41, 5.74) is -0.146. The monoisotopic (exact) mass is 298 g/mol. The Balaban J connectivity index is 1.68. The van der Waals surface area contributed by atoms with E-state index in [4.69, 9.17) is 11.6 Å². The van der Waals surface area contributed by atoms with Gasteiger partial charge in [-0.3, -0.25) is 0 Å².